The van der Waals surface area contributed by atoms with Crippen molar-refractivity contribution in [2.75, 3.05) is 13.6 Å². The summed E-state index contributed by atoms with van der Waals surface area (Å²) in [4.78, 5) is 50.6. The number of alkyl carbamates (subject to hydrolysis) is 1. The van der Waals surface area contributed by atoms with Crippen molar-refractivity contribution in [3.8, 4) is 0 Å². The van der Waals surface area contributed by atoms with Crippen LogP contribution in [0, 0.1) is 0 Å². The van der Waals surface area contributed by atoms with Crippen LogP contribution in [-0.4, -0.2) is 64.6 Å². The average molecular weight is 692 g/mol. The molecule has 3 atom stereocenters. The number of hydrogen-bond donors (Lipinski definition) is 4. The first-order valence-electron chi connectivity index (χ1n) is 16.2. The summed E-state index contributed by atoms with van der Waals surface area (Å²) in [6.07, 6.45) is 4.61. The van der Waals surface area contributed by atoms with E-state index < -0.39 is 12.1 Å². The van der Waals surface area contributed by atoms with Crippen LogP contribution >= 0.6 is 22.7 Å². The van der Waals surface area contributed by atoms with Gasteiger partial charge in [0.25, 0.3) is 0 Å². The third-order valence-electron chi connectivity index (χ3n) is 7.73. The molecule has 0 saturated carbocycles. The first kappa shape index (κ1) is 36.5. The van der Waals surface area contributed by atoms with Crippen LogP contribution in [-0.2, 0) is 41.9 Å². The molecule has 5 N–H and O–H groups in total. The number of rotatable bonds is 18. The molecule has 0 radical (unpaired) electrons. The third-order valence-corrected chi connectivity index (χ3v) is 9.52. The van der Waals surface area contributed by atoms with E-state index in [-0.39, 0.29) is 43.6 Å². The van der Waals surface area contributed by atoms with E-state index in [4.69, 9.17) is 10.5 Å². The van der Waals surface area contributed by atoms with Gasteiger partial charge in [0.2, 0.25) is 5.91 Å². The van der Waals surface area contributed by atoms with E-state index in [9.17, 15) is 14.4 Å². The molecule has 0 aliphatic rings. The summed E-state index contributed by atoms with van der Waals surface area (Å²) in [5.41, 5.74) is 10.5. The van der Waals surface area contributed by atoms with Gasteiger partial charge in [-0.15, -0.1) is 22.7 Å². The van der Waals surface area contributed by atoms with Crippen LogP contribution < -0.4 is 21.7 Å². The fraction of sp³-hybridized carbons (Fsp3) is 0.400. The topological polar surface area (TPSA) is 152 Å². The van der Waals surface area contributed by atoms with Gasteiger partial charge in [0.05, 0.1) is 27.6 Å². The summed E-state index contributed by atoms with van der Waals surface area (Å²) in [5.74, 6) is -0.304. The minimum Gasteiger partial charge on any atom is -0.444 e. The molecule has 256 valence electrons. The molecule has 0 spiro atoms. The minimum atomic E-state index is -0.815. The first-order chi connectivity index (χ1) is 23.3. The quantitative estimate of drug-likeness (QED) is 0.114. The van der Waals surface area contributed by atoms with E-state index in [0.717, 1.165) is 33.1 Å². The number of benzene rings is 2. The van der Waals surface area contributed by atoms with Gasteiger partial charge in [0.1, 0.15) is 12.6 Å². The number of nitrogens with two attached hydrogens (primary N) is 1. The largest absolute Gasteiger partial charge is 0.444 e. The van der Waals surface area contributed by atoms with Gasteiger partial charge in [-0.25, -0.2) is 14.6 Å². The lowest BCUT2D eigenvalue weighted by atomic mass is 9.95. The Morgan fingerprint density at radius 2 is 1.54 bits per heavy atom. The molecule has 11 nitrogen and oxygen atoms in total. The van der Waals surface area contributed by atoms with E-state index in [1.54, 1.807) is 30.1 Å². The van der Waals surface area contributed by atoms with Gasteiger partial charge in [-0.05, 0) is 56.2 Å². The van der Waals surface area contributed by atoms with Crippen LogP contribution in [0.3, 0.4) is 0 Å². The second-order valence-electron chi connectivity index (χ2n) is 11.6. The van der Waals surface area contributed by atoms with Crippen molar-refractivity contribution in [1.29, 1.82) is 0 Å². The molecule has 4 aromatic rings. The Hall–Kier alpha value is -4.33. The molecule has 0 aliphatic carbocycles. The normalized spacial score (nSPS) is 12.8. The highest BCUT2D eigenvalue weighted by Crippen LogP contribution is 2.15. The van der Waals surface area contributed by atoms with E-state index >= 15 is 0 Å². The minimum absolute atomic E-state index is 0.147. The van der Waals surface area contributed by atoms with Crippen LogP contribution in [0.4, 0.5) is 9.59 Å². The predicted molar refractivity (Wildman–Crippen MR) is 190 cm³/mol. The Bertz CT molecular complexity index is 1540. The van der Waals surface area contributed by atoms with Gasteiger partial charge in [-0.3, -0.25) is 9.78 Å². The number of aryl methyl sites for hydroxylation is 1. The zero-order valence-corrected chi connectivity index (χ0v) is 29.1. The summed E-state index contributed by atoms with van der Waals surface area (Å²) >= 11 is 2.99. The average Bonchev–Trinajstić information content (AvgIpc) is 3.79. The zero-order valence-electron chi connectivity index (χ0n) is 27.5. The van der Waals surface area contributed by atoms with E-state index in [2.05, 4.69) is 25.9 Å². The molecule has 0 aliphatic heterocycles. The van der Waals surface area contributed by atoms with Crippen LogP contribution in [0.1, 0.15) is 52.9 Å². The Balaban J connectivity index is 1.42. The number of carbonyl (C=O) groups excluding carboxylic acids is 3. The highest BCUT2D eigenvalue weighted by molar-refractivity contribution is 7.09. The van der Waals surface area contributed by atoms with Crippen molar-refractivity contribution in [1.82, 2.24) is 30.8 Å². The number of aromatic nitrogens is 2. The number of carbonyl (C=O) groups is 3. The van der Waals surface area contributed by atoms with Gasteiger partial charge < -0.3 is 31.3 Å². The molecule has 2 aromatic heterocycles. The van der Waals surface area contributed by atoms with E-state index in [1.807, 2.05) is 73.0 Å². The molecule has 0 fully saturated rings. The van der Waals surface area contributed by atoms with Crippen molar-refractivity contribution in [3.05, 3.63) is 104 Å². The molecular formula is C35H45N7O4S2. The molecule has 3 unspecified atom stereocenters. The van der Waals surface area contributed by atoms with Gasteiger partial charge in [0, 0.05) is 30.7 Å². The molecule has 48 heavy (non-hydrogen) atoms. The molecular weight excluding hydrogens is 647 g/mol. The maximum Gasteiger partial charge on any atom is 0.407 e. The highest BCUT2D eigenvalue weighted by atomic mass is 32.1. The Kier molecular flexibility index (Phi) is 14.8. The van der Waals surface area contributed by atoms with Crippen LogP contribution in [0.2, 0.25) is 0 Å². The van der Waals surface area contributed by atoms with Crippen LogP contribution in [0.25, 0.3) is 0 Å². The van der Waals surface area contributed by atoms with Gasteiger partial charge in [0.15, 0.2) is 0 Å². The van der Waals surface area contributed by atoms with Gasteiger partial charge in [-0.2, -0.15) is 0 Å². The SMILES string of the molecule is CCc1nc(CN(C)C(=O)NC(CCN)C(=O)NC(CCC(Cc2ccccc2)NC(=O)OCc2cncs2)Cc2ccccc2)cs1. The summed E-state index contributed by atoms with van der Waals surface area (Å²) in [6, 6.07) is 18.1. The maximum atomic E-state index is 13.7. The fourth-order valence-corrected chi connectivity index (χ4v) is 6.45. The van der Waals surface area contributed by atoms with Crippen molar-refractivity contribution in [2.24, 2.45) is 5.73 Å². The van der Waals surface area contributed by atoms with Crippen molar-refractivity contribution in [2.45, 2.75) is 76.7 Å². The number of nitrogens with one attached hydrogen (secondary N) is 3. The highest BCUT2D eigenvalue weighted by Gasteiger charge is 2.26. The summed E-state index contributed by atoms with van der Waals surface area (Å²) in [5, 5.41) is 12.0. The van der Waals surface area contributed by atoms with E-state index in [0.29, 0.717) is 32.2 Å². The van der Waals surface area contributed by atoms with Crippen molar-refractivity contribution >= 4 is 40.7 Å². The molecule has 4 amide bonds. The second-order valence-corrected chi connectivity index (χ2v) is 13.5. The third kappa shape index (κ3) is 12.4. The molecule has 2 aromatic carbocycles. The Morgan fingerprint density at radius 1 is 0.896 bits per heavy atom. The number of ether oxygens (including phenoxy) is 1. The summed E-state index contributed by atoms with van der Waals surface area (Å²) < 4.78 is 5.47. The van der Waals surface area contributed by atoms with Gasteiger partial charge >= 0.3 is 12.1 Å². The molecule has 4 rings (SSSR count). The summed E-state index contributed by atoms with van der Waals surface area (Å²) in [7, 11) is 1.68. The first-order valence-corrected chi connectivity index (χ1v) is 17.9. The molecule has 0 saturated heterocycles. The lowest BCUT2D eigenvalue weighted by molar-refractivity contribution is -0.123. The van der Waals surface area contributed by atoms with Crippen molar-refractivity contribution in [3.63, 3.8) is 0 Å². The number of amides is 4. The maximum absolute atomic E-state index is 13.7. The number of thiazole rings is 2. The Labute approximate surface area is 290 Å². The zero-order chi connectivity index (χ0) is 34.1. The molecule has 2 heterocycles. The second kappa shape index (κ2) is 19.5. The summed E-state index contributed by atoms with van der Waals surface area (Å²) in [6.45, 7) is 2.75. The van der Waals surface area contributed by atoms with Crippen LogP contribution in [0.15, 0.2) is 77.8 Å². The number of nitrogens with zero attached hydrogens (tertiary/aromatic N) is 3. The number of urea groups is 1. The lowest BCUT2D eigenvalue weighted by Crippen LogP contribution is -2.53. The Morgan fingerprint density at radius 3 is 2.10 bits per heavy atom. The standard InChI is InChI=1S/C35H45N7O4S2/c1-3-32-38-29(23-47-32)21-42(2)34(44)41-31(16-17-36)33(43)39-27(18-25-10-6-4-7-11-25)14-15-28(19-26-12-8-5-9-13-26)40-35(45)46-22-30-20-37-24-48-30/h4-13,20,23-24,27-28,31H,3,14-19,21-22,36H2,1-2H3,(H,39,43)(H,40,45)(H,41,44). The fourth-order valence-electron chi connectivity index (χ4n) is 5.20. The van der Waals surface area contributed by atoms with Crippen LogP contribution in [0.5, 0.6) is 0 Å². The van der Waals surface area contributed by atoms with E-state index in [1.165, 1.54) is 16.2 Å². The lowest BCUT2D eigenvalue weighted by Gasteiger charge is -2.27. The van der Waals surface area contributed by atoms with Crippen molar-refractivity contribution < 1.29 is 19.1 Å². The molecule has 13 heteroatoms. The van der Waals surface area contributed by atoms with Gasteiger partial charge in [-0.1, -0.05) is 67.6 Å². The molecule has 0 bridgehead atoms. The number of hydrogen-bond acceptors (Lipinski definition) is 9. The monoisotopic (exact) mass is 691 g/mol. The predicted octanol–water partition coefficient (Wildman–Crippen LogP) is 5.07. The smallest absolute Gasteiger partial charge is 0.407 e.